The van der Waals surface area contributed by atoms with E-state index < -0.39 is 11.9 Å². The van der Waals surface area contributed by atoms with Crippen LogP contribution in [0.3, 0.4) is 0 Å². The van der Waals surface area contributed by atoms with Crippen molar-refractivity contribution in [3.05, 3.63) is 6.20 Å². The van der Waals surface area contributed by atoms with E-state index >= 15 is 0 Å². The molecule has 0 spiro atoms. The minimum atomic E-state index is -0.821. The van der Waals surface area contributed by atoms with E-state index in [0.717, 1.165) is 10.9 Å². The van der Waals surface area contributed by atoms with E-state index in [9.17, 15) is 9.90 Å². The Kier molecular flexibility index (Phi) is 1.53. The topological polar surface area (TPSA) is 93.8 Å². The summed E-state index contributed by atoms with van der Waals surface area (Å²) in [7, 11) is 0. The highest BCUT2D eigenvalue weighted by atomic mass is 16.6. The SMILES string of the molecule is [NH]C(=O)C[n+]1cc([O-])on1. The minimum Gasteiger partial charge on any atom is -0.539 e. The van der Waals surface area contributed by atoms with E-state index in [1.54, 1.807) is 0 Å². The maximum Gasteiger partial charge on any atom is 0.306 e. The summed E-state index contributed by atoms with van der Waals surface area (Å²) in [6, 6.07) is 0. The van der Waals surface area contributed by atoms with Crippen molar-refractivity contribution in [2.75, 3.05) is 0 Å². The van der Waals surface area contributed by atoms with E-state index in [2.05, 4.69) is 9.79 Å². The van der Waals surface area contributed by atoms with E-state index in [0.29, 0.717) is 0 Å². The summed E-state index contributed by atoms with van der Waals surface area (Å²) in [5.74, 6) is -1.44. The molecule has 0 bridgehead atoms. The summed E-state index contributed by atoms with van der Waals surface area (Å²) in [4.78, 5) is 10.1. The van der Waals surface area contributed by atoms with Crippen LogP contribution in [-0.2, 0) is 11.3 Å². The van der Waals surface area contributed by atoms with Gasteiger partial charge in [-0.05, 0) is 0 Å². The maximum absolute atomic E-state index is 10.2. The predicted octanol–water partition coefficient (Wildman–Crippen LogP) is -2.15. The molecule has 10 heavy (non-hydrogen) atoms. The molecule has 1 aromatic heterocycles. The molecule has 0 aliphatic rings. The third kappa shape index (κ3) is 1.44. The molecule has 0 unspecified atom stereocenters. The zero-order valence-corrected chi connectivity index (χ0v) is 4.90. The monoisotopic (exact) mass is 142 g/mol. The first kappa shape index (κ1) is 6.53. The highest BCUT2D eigenvalue weighted by Gasteiger charge is 2.07. The fraction of sp³-hybridized carbons (Fsp3) is 0.250. The molecule has 0 fully saturated rings. The van der Waals surface area contributed by atoms with Gasteiger partial charge in [0.1, 0.15) is 5.95 Å². The highest BCUT2D eigenvalue weighted by molar-refractivity contribution is 5.71. The van der Waals surface area contributed by atoms with Gasteiger partial charge < -0.3 is 9.63 Å². The van der Waals surface area contributed by atoms with Gasteiger partial charge in [-0.25, -0.2) is 0 Å². The fourth-order valence-corrected chi connectivity index (χ4v) is 0.483. The molecule has 1 amide bonds. The lowest BCUT2D eigenvalue weighted by Crippen LogP contribution is -2.39. The molecule has 0 aliphatic carbocycles. The average Bonchev–Trinajstić information content (AvgIpc) is 2.13. The van der Waals surface area contributed by atoms with Crippen molar-refractivity contribution >= 4 is 5.91 Å². The standard InChI is InChI=1S/C4H4N3O3/c5-3(8)1-7-2-4(9)10-6-7/h2,5H,1H2. The lowest BCUT2D eigenvalue weighted by Gasteiger charge is -1.78. The predicted molar refractivity (Wildman–Crippen MR) is 24.2 cm³/mol. The Morgan fingerprint density at radius 3 is 3.10 bits per heavy atom. The van der Waals surface area contributed by atoms with Crippen LogP contribution in [-0.4, -0.2) is 11.2 Å². The molecular weight excluding hydrogens is 138 g/mol. The van der Waals surface area contributed by atoms with Crippen LogP contribution in [0, 0.1) is 0 Å². The van der Waals surface area contributed by atoms with Crippen molar-refractivity contribution in [3.8, 4) is 5.95 Å². The summed E-state index contributed by atoms with van der Waals surface area (Å²) in [6.07, 6.45) is 1.01. The molecule has 1 heterocycles. The van der Waals surface area contributed by atoms with Crippen LogP contribution in [0.25, 0.3) is 0 Å². The van der Waals surface area contributed by atoms with Crippen molar-refractivity contribution in [3.63, 3.8) is 0 Å². The second kappa shape index (κ2) is 2.34. The molecule has 0 saturated heterocycles. The Morgan fingerprint density at radius 2 is 2.70 bits per heavy atom. The fourth-order valence-electron chi connectivity index (χ4n) is 0.483. The zero-order valence-electron chi connectivity index (χ0n) is 4.90. The molecule has 0 atom stereocenters. The van der Waals surface area contributed by atoms with Crippen LogP contribution in [0.15, 0.2) is 10.7 Å². The van der Waals surface area contributed by atoms with Gasteiger partial charge in [-0.1, -0.05) is 4.68 Å². The molecule has 0 saturated carbocycles. The summed E-state index contributed by atoms with van der Waals surface area (Å²) >= 11 is 0. The molecule has 0 aromatic carbocycles. The summed E-state index contributed by atoms with van der Waals surface area (Å²) in [5, 5.41) is 13.4. The third-order valence-electron chi connectivity index (χ3n) is 0.796. The van der Waals surface area contributed by atoms with Gasteiger partial charge in [0.25, 0.3) is 6.54 Å². The number of hydrogen-bond acceptors (Lipinski definition) is 4. The summed E-state index contributed by atoms with van der Waals surface area (Å²) in [6.45, 7) is -0.244. The number of rotatable bonds is 2. The maximum atomic E-state index is 10.2. The van der Waals surface area contributed by atoms with Crippen LogP contribution in [0.1, 0.15) is 0 Å². The van der Waals surface area contributed by atoms with Gasteiger partial charge in [0.05, 0.1) is 5.27 Å². The molecular formula is C4H4N3O3. The van der Waals surface area contributed by atoms with Gasteiger partial charge in [-0.3, -0.25) is 10.5 Å². The lowest BCUT2D eigenvalue weighted by molar-refractivity contribution is -0.751. The van der Waals surface area contributed by atoms with Crippen molar-refractivity contribution in [2.45, 2.75) is 6.54 Å². The van der Waals surface area contributed by atoms with E-state index in [-0.39, 0.29) is 6.54 Å². The quantitative estimate of drug-likeness (QED) is 0.439. The van der Waals surface area contributed by atoms with E-state index in [1.807, 2.05) is 0 Å². The third-order valence-corrected chi connectivity index (χ3v) is 0.796. The second-order valence-electron chi connectivity index (χ2n) is 1.64. The first-order valence-corrected chi connectivity index (χ1v) is 2.46. The number of nitrogens with zero attached hydrogens (tertiary/aromatic N) is 2. The van der Waals surface area contributed by atoms with Gasteiger partial charge in [-0.2, -0.15) is 0 Å². The minimum absolute atomic E-state index is 0.244. The van der Waals surface area contributed by atoms with Gasteiger partial charge in [0.2, 0.25) is 6.20 Å². The van der Waals surface area contributed by atoms with Gasteiger partial charge in [0, 0.05) is 0 Å². The molecule has 1 radical (unpaired) electrons. The first-order valence-electron chi connectivity index (χ1n) is 2.46. The highest BCUT2D eigenvalue weighted by Crippen LogP contribution is 1.91. The van der Waals surface area contributed by atoms with Gasteiger partial charge in [-0.15, -0.1) is 0 Å². The Bertz CT molecular complexity index is 244. The lowest BCUT2D eigenvalue weighted by atomic mass is 10.6. The van der Waals surface area contributed by atoms with Crippen LogP contribution in [0.2, 0.25) is 0 Å². The Hall–Kier alpha value is -1.59. The van der Waals surface area contributed by atoms with Crippen LogP contribution >= 0.6 is 0 Å². The number of hydrogen-bond donors (Lipinski definition) is 0. The van der Waals surface area contributed by atoms with Gasteiger partial charge >= 0.3 is 5.91 Å². The number of carbonyl (C=O) groups excluding carboxylic acids is 1. The molecule has 53 valence electrons. The van der Waals surface area contributed by atoms with Crippen LogP contribution in [0.5, 0.6) is 5.95 Å². The smallest absolute Gasteiger partial charge is 0.306 e. The van der Waals surface area contributed by atoms with Crippen LogP contribution < -0.4 is 15.5 Å². The van der Waals surface area contributed by atoms with E-state index in [4.69, 9.17) is 5.73 Å². The molecule has 1 rings (SSSR count). The number of nitrogens with one attached hydrogen (secondary N) is 1. The van der Waals surface area contributed by atoms with Crippen molar-refractivity contribution in [1.29, 1.82) is 0 Å². The molecule has 1 N–H and O–H groups in total. The number of carbonyl (C=O) groups is 1. The van der Waals surface area contributed by atoms with Crippen molar-refractivity contribution in [2.24, 2.45) is 0 Å². The normalized spacial score (nSPS) is 9.60. The average molecular weight is 142 g/mol. The zero-order chi connectivity index (χ0) is 7.56. The van der Waals surface area contributed by atoms with Crippen LogP contribution in [0.4, 0.5) is 0 Å². The molecule has 6 heteroatoms. The van der Waals surface area contributed by atoms with E-state index in [1.165, 1.54) is 0 Å². The first-order chi connectivity index (χ1) is 4.68. The Labute approximate surface area is 55.8 Å². The van der Waals surface area contributed by atoms with Gasteiger partial charge in [0.15, 0.2) is 0 Å². The molecule has 6 nitrogen and oxygen atoms in total. The summed E-state index contributed by atoms with van der Waals surface area (Å²) in [5.41, 5.74) is 6.48. The second-order valence-corrected chi connectivity index (χ2v) is 1.64. The molecule has 1 aromatic rings. The number of amides is 1. The Morgan fingerprint density at radius 1 is 2.00 bits per heavy atom. The number of aromatic nitrogens is 2. The van der Waals surface area contributed by atoms with Crippen molar-refractivity contribution < 1.29 is 19.1 Å². The van der Waals surface area contributed by atoms with Crippen molar-refractivity contribution in [1.82, 2.24) is 11.0 Å². The summed E-state index contributed by atoms with van der Waals surface area (Å²) < 4.78 is 5.06. The molecule has 0 aliphatic heterocycles. The Balaban J connectivity index is 2.67. The largest absolute Gasteiger partial charge is 0.539 e.